The first-order chi connectivity index (χ1) is 3.89. The first kappa shape index (κ1) is 9.60. The Morgan fingerprint density at radius 1 is 1.33 bits per heavy atom. The quantitative estimate of drug-likeness (QED) is 0.432. The SMILES string of the molecule is CCP(O)(O)(O)CCCl. The molecule has 0 amide bonds. The van der Waals surface area contributed by atoms with E-state index in [0.29, 0.717) is 0 Å². The van der Waals surface area contributed by atoms with E-state index in [0.717, 1.165) is 0 Å². The van der Waals surface area contributed by atoms with E-state index in [2.05, 4.69) is 0 Å². The van der Waals surface area contributed by atoms with Crippen molar-refractivity contribution in [2.24, 2.45) is 0 Å². The van der Waals surface area contributed by atoms with Gasteiger partial charge in [-0.25, -0.2) is 0 Å². The standard InChI is InChI=1S/C4H12ClO3P/c1-2-9(6,7,8)4-3-5/h6-8H,2-4H2,1H3. The van der Waals surface area contributed by atoms with Crippen LogP contribution in [-0.2, 0) is 0 Å². The first-order valence-corrected chi connectivity index (χ1v) is 5.71. The van der Waals surface area contributed by atoms with E-state index in [-0.39, 0.29) is 18.2 Å². The molecule has 0 aromatic carbocycles. The van der Waals surface area contributed by atoms with E-state index in [1.165, 1.54) is 6.92 Å². The molecule has 0 spiro atoms. The van der Waals surface area contributed by atoms with Crippen molar-refractivity contribution in [2.45, 2.75) is 6.92 Å². The number of alkyl halides is 1. The molecule has 0 aliphatic rings. The fourth-order valence-electron chi connectivity index (χ4n) is 0.331. The van der Waals surface area contributed by atoms with Crippen LogP contribution < -0.4 is 0 Å². The van der Waals surface area contributed by atoms with Gasteiger partial charge in [0.05, 0.1) is 0 Å². The molecule has 9 heavy (non-hydrogen) atoms. The second kappa shape index (κ2) is 2.69. The van der Waals surface area contributed by atoms with Crippen molar-refractivity contribution < 1.29 is 14.7 Å². The van der Waals surface area contributed by atoms with Crippen molar-refractivity contribution in [3.05, 3.63) is 0 Å². The Hall–Kier alpha value is 0.600. The monoisotopic (exact) mass is 174 g/mol. The van der Waals surface area contributed by atoms with Crippen LogP contribution in [0.2, 0.25) is 0 Å². The van der Waals surface area contributed by atoms with Gasteiger partial charge in [0, 0.05) is 0 Å². The van der Waals surface area contributed by atoms with Crippen molar-refractivity contribution in [1.82, 2.24) is 0 Å². The van der Waals surface area contributed by atoms with Gasteiger partial charge in [-0.15, -0.1) is 0 Å². The molecule has 0 atom stereocenters. The first-order valence-electron chi connectivity index (χ1n) is 2.71. The van der Waals surface area contributed by atoms with Crippen LogP contribution in [-0.4, -0.2) is 32.9 Å². The Balaban J connectivity index is 3.95. The molecule has 0 radical (unpaired) electrons. The van der Waals surface area contributed by atoms with E-state index in [1.54, 1.807) is 0 Å². The Kier molecular flexibility index (Phi) is 2.86. The van der Waals surface area contributed by atoms with Crippen LogP contribution in [0.15, 0.2) is 0 Å². The van der Waals surface area contributed by atoms with E-state index in [4.69, 9.17) is 26.3 Å². The molecule has 0 aromatic rings. The topological polar surface area (TPSA) is 60.7 Å². The summed E-state index contributed by atoms with van der Waals surface area (Å²) in [6.07, 6.45) is -0.123. The molecule has 0 fully saturated rings. The summed E-state index contributed by atoms with van der Waals surface area (Å²) in [6, 6.07) is 0. The van der Waals surface area contributed by atoms with Gasteiger partial charge >= 0.3 is 58.7 Å². The van der Waals surface area contributed by atoms with Gasteiger partial charge in [-0.2, -0.15) is 0 Å². The molecule has 0 rings (SSSR count). The van der Waals surface area contributed by atoms with Crippen LogP contribution in [0.5, 0.6) is 0 Å². The van der Waals surface area contributed by atoms with E-state index in [1.807, 2.05) is 0 Å². The second-order valence-corrected chi connectivity index (χ2v) is 6.21. The molecule has 0 aromatic heterocycles. The van der Waals surface area contributed by atoms with Gasteiger partial charge in [0.2, 0.25) is 0 Å². The Bertz CT molecular complexity index is 97.7. The predicted molar refractivity (Wildman–Crippen MR) is 39.7 cm³/mol. The summed E-state index contributed by atoms with van der Waals surface area (Å²) in [4.78, 5) is 26.8. The fraction of sp³-hybridized carbons (Fsp3) is 1.00. The summed E-state index contributed by atoms with van der Waals surface area (Å²) < 4.78 is 0. The maximum atomic E-state index is 8.95. The third kappa shape index (κ3) is 4.06. The average molecular weight is 175 g/mol. The Morgan fingerprint density at radius 3 is 1.89 bits per heavy atom. The molecule has 0 saturated heterocycles. The molecule has 58 valence electrons. The van der Waals surface area contributed by atoms with Crippen LogP contribution in [0, 0.1) is 0 Å². The Morgan fingerprint density at radius 2 is 1.78 bits per heavy atom. The number of rotatable bonds is 3. The molecule has 0 saturated carbocycles. The zero-order valence-electron chi connectivity index (χ0n) is 5.29. The molecule has 3 nitrogen and oxygen atoms in total. The van der Waals surface area contributed by atoms with Gasteiger partial charge in [0.15, 0.2) is 0 Å². The van der Waals surface area contributed by atoms with Gasteiger partial charge in [0.1, 0.15) is 0 Å². The fourth-order valence-corrected chi connectivity index (χ4v) is 2.03. The molecular formula is C4H12ClO3P. The van der Waals surface area contributed by atoms with Crippen LogP contribution in [0.4, 0.5) is 0 Å². The minimum absolute atomic E-state index is 0.0156. The van der Waals surface area contributed by atoms with Crippen molar-refractivity contribution in [1.29, 1.82) is 0 Å². The molecule has 0 aliphatic heterocycles. The summed E-state index contributed by atoms with van der Waals surface area (Å²) in [7, 11) is -4.26. The van der Waals surface area contributed by atoms with Crippen molar-refractivity contribution in [2.75, 3.05) is 18.2 Å². The van der Waals surface area contributed by atoms with Gasteiger partial charge in [-0.05, 0) is 0 Å². The molecule has 5 heteroatoms. The molecule has 0 bridgehead atoms. The summed E-state index contributed by atoms with van der Waals surface area (Å²) in [5.74, 6) is 0.0785. The molecular weight excluding hydrogens is 162 g/mol. The summed E-state index contributed by atoms with van der Waals surface area (Å²) in [5, 5.41) is 0. The van der Waals surface area contributed by atoms with E-state index < -0.39 is 7.28 Å². The zero-order valence-corrected chi connectivity index (χ0v) is 6.94. The van der Waals surface area contributed by atoms with E-state index in [9.17, 15) is 0 Å². The van der Waals surface area contributed by atoms with Crippen LogP contribution >= 0.6 is 18.9 Å². The van der Waals surface area contributed by atoms with Gasteiger partial charge in [-0.3, -0.25) is 0 Å². The summed E-state index contributed by atoms with van der Waals surface area (Å²) in [5.41, 5.74) is 0. The molecule has 0 heterocycles. The van der Waals surface area contributed by atoms with Gasteiger partial charge < -0.3 is 0 Å². The normalized spacial score (nSPS) is 16.8. The molecule has 0 unspecified atom stereocenters. The van der Waals surface area contributed by atoms with E-state index >= 15 is 0 Å². The van der Waals surface area contributed by atoms with Crippen LogP contribution in [0.25, 0.3) is 0 Å². The molecule has 0 aliphatic carbocycles. The van der Waals surface area contributed by atoms with Crippen molar-refractivity contribution in [3.63, 3.8) is 0 Å². The third-order valence-electron chi connectivity index (χ3n) is 1.19. The average Bonchev–Trinajstić information content (AvgIpc) is 1.66. The third-order valence-corrected chi connectivity index (χ3v) is 4.08. The summed E-state index contributed by atoms with van der Waals surface area (Å²) >= 11 is 5.21. The number of hydrogen-bond donors (Lipinski definition) is 3. The predicted octanol–water partition coefficient (Wildman–Crippen LogP) is 0.520. The van der Waals surface area contributed by atoms with Gasteiger partial charge in [-0.1, -0.05) is 0 Å². The van der Waals surface area contributed by atoms with Crippen molar-refractivity contribution in [3.8, 4) is 0 Å². The minimum atomic E-state index is -4.26. The van der Waals surface area contributed by atoms with Crippen LogP contribution in [0.3, 0.4) is 0 Å². The molecule has 3 N–H and O–H groups in total. The second-order valence-electron chi connectivity index (χ2n) is 2.07. The number of halogens is 1. The zero-order chi connectivity index (χ0) is 7.57. The van der Waals surface area contributed by atoms with Crippen molar-refractivity contribution >= 4 is 18.9 Å². The van der Waals surface area contributed by atoms with Gasteiger partial charge in [0.25, 0.3) is 0 Å². The Labute approximate surface area is 59.4 Å². The van der Waals surface area contributed by atoms with Crippen LogP contribution in [0.1, 0.15) is 6.92 Å². The summed E-state index contributed by atoms with van der Waals surface area (Å²) in [6.45, 7) is 1.52. The maximum absolute atomic E-state index is 8.95. The number of hydrogen-bond acceptors (Lipinski definition) is 3.